The lowest BCUT2D eigenvalue weighted by atomic mass is 9.98. The van der Waals surface area contributed by atoms with Gasteiger partial charge in [-0.2, -0.15) is 0 Å². The maximum atomic E-state index is 11.4. The summed E-state index contributed by atoms with van der Waals surface area (Å²) in [7, 11) is 4.52. The number of hydrogen-bond donors (Lipinski definition) is 0. The first kappa shape index (κ1) is 17.9. The fourth-order valence-electron chi connectivity index (χ4n) is 2.20. The Morgan fingerprint density at radius 2 is 2.05 bits per heavy atom. The van der Waals surface area contributed by atoms with Gasteiger partial charge in [0.05, 0.1) is 13.0 Å². The fraction of sp³-hybridized carbons (Fsp3) is 0.600. The second-order valence-corrected chi connectivity index (χ2v) is 5.27. The number of aromatic nitrogens is 1. The van der Waals surface area contributed by atoms with Crippen molar-refractivity contribution in [2.24, 2.45) is 5.92 Å². The highest BCUT2D eigenvalue weighted by atomic mass is 35.5. The molecule has 0 bridgehead atoms. The van der Waals surface area contributed by atoms with Crippen molar-refractivity contribution in [3.63, 3.8) is 0 Å². The van der Waals surface area contributed by atoms with Gasteiger partial charge >= 0.3 is 5.97 Å². The minimum absolute atomic E-state index is 0.159. The minimum Gasteiger partial charge on any atom is -0.469 e. The van der Waals surface area contributed by atoms with Crippen LogP contribution in [0.2, 0.25) is 5.02 Å². The Kier molecular flexibility index (Phi) is 7.08. The second-order valence-electron chi connectivity index (χ2n) is 4.84. The summed E-state index contributed by atoms with van der Waals surface area (Å²) in [4.78, 5) is 15.7. The molecule has 0 saturated heterocycles. The van der Waals surface area contributed by atoms with Crippen molar-refractivity contribution in [3.05, 3.63) is 29.0 Å². The van der Waals surface area contributed by atoms with E-state index in [1.165, 1.54) is 7.11 Å². The molecule has 1 atom stereocenters. The molecule has 0 saturated carbocycles. The highest BCUT2D eigenvalue weighted by molar-refractivity contribution is 6.30. The number of rotatable bonds is 8. The summed E-state index contributed by atoms with van der Waals surface area (Å²) in [6.07, 6.45) is 3.59. The zero-order valence-corrected chi connectivity index (χ0v) is 13.6. The first-order chi connectivity index (χ1) is 9.99. The van der Waals surface area contributed by atoms with Crippen molar-refractivity contribution in [1.82, 2.24) is 4.98 Å². The fourth-order valence-corrected chi connectivity index (χ4v) is 2.36. The first-order valence-corrected chi connectivity index (χ1v) is 7.17. The number of carbonyl (C=O) groups excluding carboxylic acids is 1. The first-order valence-electron chi connectivity index (χ1n) is 6.79. The number of esters is 1. The lowest BCUT2D eigenvalue weighted by molar-refractivity contribution is -0.223. The molecular formula is C15H22ClNO4. The summed E-state index contributed by atoms with van der Waals surface area (Å²) in [6, 6.07) is 3.42. The standard InChI is InChI=1S/C15H22ClNO4/c1-11(14(18)19-2)6-5-8-15(20-3,21-4)13-10-12(16)7-9-17-13/h7,9-11H,5-6,8H2,1-4H3/t11-/m0/s1. The lowest BCUT2D eigenvalue weighted by Crippen LogP contribution is -2.32. The molecule has 0 spiro atoms. The van der Waals surface area contributed by atoms with E-state index < -0.39 is 5.79 Å². The number of nitrogens with zero attached hydrogens (tertiary/aromatic N) is 1. The van der Waals surface area contributed by atoms with E-state index in [0.29, 0.717) is 23.6 Å². The summed E-state index contributed by atoms with van der Waals surface area (Å²) in [5, 5.41) is 0.571. The summed E-state index contributed by atoms with van der Waals surface area (Å²) < 4.78 is 15.8. The largest absolute Gasteiger partial charge is 0.469 e. The van der Waals surface area contributed by atoms with E-state index in [2.05, 4.69) is 4.98 Å². The molecule has 1 aromatic rings. The van der Waals surface area contributed by atoms with Gasteiger partial charge in [0.25, 0.3) is 0 Å². The monoisotopic (exact) mass is 315 g/mol. The minimum atomic E-state index is -0.958. The molecule has 0 aliphatic carbocycles. The molecule has 0 aliphatic rings. The Morgan fingerprint density at radius 3 is 2.57 bits per heavy atom. The molecule has 6 heteroatoms. The lowest BCUT2D eigenvalue weighted by Gasteiger charge is -2.30. The van der Waals surface area contributed by atoms with Crippen molar-refractivity contribution < 1.29 is 19.0 Å². The third-order valence-electron chi connectivity index (χ3n) is 3.52. The van der Waals surface area contributed by atoms with Crippen molar-refractivity contribution in [2.75, 3.05) is 21.3 Å². The quantitative estimate of drug-likeness (QED) is 0.545. The van der Waals surface area contributed by atoms with Gasteiger partial charge in [-0.15, -0.1) is 0 Å². The van der Waals surface area contributed by atoms with E-state index in [4.69, 9.17) is 25.8 Å². The maximum absolute atomic E-state index is 11.4. The van der Waals surface area contributed by atoms with Crippen LogP contribution in [0.4, 0.5) is 0 Å². The Labute approximate surface area is 130 Å². The van der Waals surface area contributed by atoms with Crippen LogP contribution in [0.5, 0.6) is 0 Å². The topological polar surface area (TPSA) is 57.7 Å². The van der Waals surface area contributed by atoms with Crippen molar-refractivity contribution in [1.29, 1.82) is 0 Å². The molecular weight excluding hydrogens is 294 g/mol. The van der Waals surface area contributed by atoms with Crippen LogP contribution in [0.15, 0.2) is 18.3 Å². The number of methoxy groups -OCH3 is 3. The molecule has 1 rings (SSSR count). The predicted octanol–water partition coefficient (Wildman–Crippen LogP) is 3.16. The maximum Gasteiger partial charge on any atom is 0.308 e. The zero-order chi connectivity index (χ0) is 15.9. The summed E-state index contributed by atoms with van der Waals surface area (Å²) in [5.74, 6) is -1.33. The van der Waals surface area contributed by atoms with Crippen molar-refractivity contribution >= 4 is 17.6 Å². The predicted molar refractivity (Wildman–Crippen MR) is 80.0 cm³/mol. The highest BCUT2D eigenvalue weighted by Gasteiger charge is 2.33. The molecule has 0 fully saturated rings. The number of carbonyl (C=O) groups is 1. The van der Waals surface area contributed by atoms with Gasteiger partial charge in [-0.3, -0.25) is 9.78 Å². The van der Waals surface area contributed by atoms with Crippen molar-refractivity contribution in [2.45, 2.75) is 32.0 Å². The molecule has 1 heterocycles. The van der Waals surface area contributed by atoms with Gasteiger partial charge in [-0.1, -0.05) is 18.5 Å². The van der Waals surface area contributed by atoms with E-state index in [9.17, 15) is 4.79 Å². The summed E-state index contributed by atoms with van der Waals surface area (Å²) >= 11 is 6.00. The number of ether oxygens (including phenoxy) is 3. The molecule has 5 nitrogen and oxygen atoms in total. The summed E-state index contributed by atoms with van der Waals surface area (Å²) in [5.41, 5.74) is 0.616. The molecule has 0 aliphatic heterocycles. The van der Waals surface area contributed by atoms with Crippen LogP contribution in [0, 0.1) is 5.92 Å². The van der Waals surface area contributed by atoms with Crippen LogP contribution < -0.4 is 0 Å². The van der Waals surface area contributed by atoms with E-state index in [1.807, 2.05) is 6.92 Å². The van der Waals surface area contributed by atoms with Crippen LogP contribution in [0.1, 0.15) is 31.9 Å². The number of hydrogen-bond acceptors (Lipinski definition) is 5. The van der Waals surface area contributed by atoms with Gasteiger partial charge < -0.3 is 14.2 Å². The Morgan fingerprint density at radius 1 is 1.38 bits per heavy atom. The van der Waals surface area contributed by atoms with Crippen LogP contribution in [-0.4, -0.2) is 32.3 Å². The van der Waals surface area contributed by atoms with E-state index in [1.54, 1.807) is 32.5 Å². The molecule has 1 aromatic heterocycles. The number of pyridine rings is 1. The SMILES string of the molecule is COC(=O)[C@@H](C)CCCC(OC)(OC)c1cc(Cl)ccn1. The van der Waals surface area contributed by atoms with Gasteiger partial charge in [0.15, 0.2) is 0 Å². The second kappa shape index (κ2) is 8.32. The van der Waals surface area contributed by atoms with Gasteiger partial charge in [0.1, 0.15) is 5.69 Å². The third kappa shape index (κ3) is 4.66. The Hall–Kier alpha value is -1.17. The van der Waals surface area contributed by atoms with Crippen LogP contribution >= 0.6 is 11.6 Å². The normalized spacial score (nSPS) is 13.0. The number of halogens is 1. The van der Waals surface area contributed by atoms with Gasteiger partial charge in [0, 0.05) is 31.9 Å². The Bertz CT molecular complexity index is 463. The van der Waals surface area contributed by atoms with Gasteiger partial charge in [0.2, 0.25) is 5.79 Å². The third-order valence-corrected chi connectivity index (χ3v) is 3.75. The molecule has 0 unspecified atom stereocenters. The highest BCUT2D eigenvalue weighted by Crippen LogP contribution is 2.32. The van der Waals surface area contributed by atoms with Crippen LogP contribution in [0.25, 0.3) is 0 Å². The van der Waals surface area contributed by atoms with Crippen LogP contribution in [-0.2, 0) is 24.8 Å². The van der Waals surface area contributed by atoms with E-state index >= 15 is 0 Å². The smallest absolute Gasteiger partial charge is 0.308 e. The van der Waals surface area contributed by atoms with Crippen LogP contribution in [0.3, 0.4) is 0 Å². The zero-order valence-electron chi connectivity index (χ0n) is 12.9. The van der Waals surface area contributed by atoms with E-state index in [-0.39, 0.29) is 11.9 Å². The molecule has 0 amide bonds. The van der Waals surface area contributed by atoms with Gasteiger partial charge in [-0.25, -0.2) is 0 Å². The van der Waals surface area contributed by atoms with Gasteiger partial charge in [-0.05, 0) is 25.0 Å². The average molecular weight is 316 g/mol. The molecule has 0 N–H and O–H groups in total. The van der Waals surface area contributed by atoms with E-state index in [0.717, 1.165) is 6.42 Å². The molecule has 118 valence electrons. The Balaban J connectivity index is 2.75. The molecule has 0 aromatic carbocycles. The van der Waals surface area contributed by atoms with Crippen molar-refractivity contribution in [3.8, 4) is 0 Å². The molecule has 21 heavy (non-hydrogen) atoms. The molecule has 0 radical (unpaired) electrons. The average Bonchev–Trinajstić information content (AvgIpc) is 2.51. The summed E-state index contributed by atoms with van der Waals surface area (Å²) in [6.45, 7) is 1.84.